The summed E-state index contributed by atoms with van der Waals surface area (Å²) >= 11 is 0. The van der Waals surface area contributed by atoms with Gasteiger partial charge in [-0.1, -0.05) is 0 Å². The number of nitro benzene ring substituents is 1. The number of amides is 1. The van der Waals surface area contributed by atoms with Crippen LogP contribution in [0.2, 0.25) is 0 Å². The summed E-state index contributed by atoms with van der Waals surface area (Å²) in [6.45, 7) is 3.93. The number of aliphatic hydroxyl groups excluding tert-OH is 1. The van der Waals surface area contributed by atoms with Crippen molar-refractivity contribution in [2.24, 2.45) is 0 Å². The molecule has 0 saturated carbocycles. The minimum absolute atomic E-state index is 0.0442. The van der Waals surface area contributed by atoms with Gasteiger partial charge in [-0.15, -0.1) is 0 Å². The smallest absolute Gasteiger partial charge is 0.285 e. The van der Waals surface area contributed by atoms with E-state index in [4.69, 9.17) is 5.11 Å². The van der Waals surface area contributed by atoms with Crippen molar-refractivity contribution in [3.63, 3.8) is 0 Å². The molecule has 1 aromatic carbocycles. The molecule has 1 N–H and O–H groups in total. The Kier molecular flexibility index (Phi) is 5.04. The topological polar surface area (TPSA) is 86.9 Å². The number of aliphatic hydroxyl groups is 1. The van der Waals surface area contributed by atoms with E-state index in [-0.39, 0.29) is 23.4 Å². The third-order valence-electron chi connectivity index (χ3n) is 3.75. The molecular formula is C14H18FN3O4. The van der Waals surface area contributed by atoms with Crippen LogP contribution in [0, 0.1) is 22.9 Å². The average Bonchev–Trinajstić information content (AvgIpc) is 2.46. The number of carbonyl (C=O) groups is 1. The first kappa shape index (κ1) is 16.3. The van der Waals surface area contributed by atoms with Crippen molar-refractivity contribution in [1.82, 2.24) is 9.80 Å². The van der Waals surface area contributed by atoms with Crippen LogP contribution in [0.4, 0.5) is 10.1 Å². The summed E-state index contributed by atoms with van der Waals surface area (Å²) in [6, 6.07) is 1.97. The van der Waals surface area contributed by atoms with Crippen LogP contribution in [-0.4, -0.2) is 65.1 Å². The van der Waals surface area contributed by atoms with Gasteiger partial charge in [0.05, 0.1) is 11.5 Å². The third kappa shape index (κ3) is 3.40. The van der Waals surface area contributed by atoms with Gasteiger partial charge in [0.25, 0.3) is 11.6 Å². The van der Waals surface area contributed by atoms with Crippen molar-refractivity contribution in [1.29, 1.82) is 0 Å². The summed E-state index contributed by atoms with van der Waals surface area (Å²) in [5.41, 5.74) is -0.422. The number of rotatable bonds is 4. The number of β-amino-alcohol motifs (C(OH)–C–C–N with tert-alkyl or cyclic N) is 1. The molecule has 1 amide bonds. The van der Waals surface area contributed by atoms with Gasteiger partial charge in [0.1, 0.15) is 11.4 Å². The maximum atomic E-state index is 13.5. The number of carbonyl (C=O) groups excluding carboxylic acids is 1. The number of piperazine rings is 1. The van der Waals surface area contributed by atoms with E-state index in [0.717, 1.165) is 12.1 Å². The zero-order valence-electron chi connectivity index (χ0n) is 12.3. The molecule has 0 radical (unpaired) electrons. The fourth-order valence-electron chi connectivity index (χ4n) is 2.63. The van der Waals surface area contributed by atoms with Crippen LogP contribution in [0.1, 0.15) is 15.9 Å². The lowest BCUT2D eigenvalue weighted by Crippen LogP contribution is -2.49. The van der Waals surface area contributed by atoms with Gasteiger partial charge in [-0.2, -0.15) is 0 Å². The van der Waals surface area contributed by atoms with Crippen molar-refractivity contribution in [3.8, 4) is 0 Å². The Morgan fingerprint density at radius 3 is 2.55 bits per heavy atom. The van der Waals surface area contributed by atoms with Crippen LogP contribution < -0.4 is 0 Å². The van der Waals surface area contributed by atoms with E-state index in [9.17, 15) is 19.3 Å². The largest absolute Gasteiger partial charge is 0.395 e. The molecule has 120 valence electrons. The zero-order chi connectivity index (χ0) is 16.3. The first-order valence-electron chi connectivity index (χ1n) is 7.01. The second-order valence-electron chi connectivity index (χ2n) is 5.23. The average molecular weight is 311 g/mol. The number of nitro groups is 1. The van der Waals surface area contributed by atoms with Gasteiger partial charge in [0.2, 0.25) is 0 Å². The van der Waals surface area contributed by atoms with Crippen LogP contribution in [0.15, 0.2) is 12.1 Å². The summed E-state index contributed by atoms with van der Waals surface area (Å²) in [6.07, 6.45) is 0. The number of benzene rings is 1. The molecule has 0 aliphatic carbocycles. The molecule has 1 fully saturated rings. The fraction of sp³-hybridized carbons (Fsp3) is 0.500. The molecule has 1 heterocycles. The highest BCUT2D eigenvalue weighted by atomic mass is 19.1. The minimum Gasteiger partial charge on any atom is -0.395 e. The van der Waals surface area contributed by atoms with E-state index in [1.807, 2.05) is 4.90 Å². The number of halogens is 1. The normalized spacial score (nSPS) is 15.9. The van der Waals surface area contributed by atoms with Crippen LogP contribution in [0.5, 0.6) is 0 Å². The van der Waals surface area contributed by atoms with Gasteiger partial charge in [-0.25, -0.2) is 4.39 Å². The molecule has 0 spiro atoms. The highest BCUT2D eigenvalue weighted by Crippen LogP contribution is 2.26. The maximum Gasteiger partial charge on any atom is 0.285 e. The number of hydrogen-bond acceptors (Lipinski definition) is 5. The number of hydrogen-bond donors (Lipinski definition) is 1. The molecular weight excluding hydrogens is 293 g/mol. The van der Waals surface area contributed by atoms with Crippen LogP contribution >= 0.6 is 0 Å². The van der Waals surface area contributed by atoms with Gasteiger partial charge in [-0.3, -0.25) is 19.8 Å². The molecule has 1 aliphatic rings. The Hall–Kier alpha value is -2.06. The first-order valence-corrected chi connectivity index (χ1v) is 7.01. The Morgan fingerprint density at radius 1 is 1.36 bits per heavy atom. The van der Waals surface area contributed by atoms with Crippen molar-refractivity contribution >= 4 is 11.6 Å². The molecule has 0 unspecified atom stereocenters. The molecule has 22 heavy (non-hydrogen) atoms. The molecule has 1 aliphatic heterocycles. The molecule has 2 rings (SSSR count). The van der Waals surface area contributed by atoms with Crippen molar-refractivity contribution in [3.05, 3.63) is 39.2 Å². The van der Waals surface area contributed by atoms with Gasteiger partial charge in [0.15, 0.2) is 0 Å². The van der Waals surface area contributed by atoms with Crippen LogP contribution in [0.25, 0.3) is 0 Å². The number of nitrogens with zero attached hydrogens (tertiary/aromatic N) is 3. The van der Waals surface area contributed by atoms with E-state index in [0.29, 0.717) is 32.7 Å². The Morgan fingerprint density at radius 2 is 2.00 bits per heavy atom. The molecule has 0 aromatic heterocycles. The SMILES string of the molecule is Cc1cc(F)cc(C(=O)N2CCN(CCO)CC2)c1[N+](=O)[O-]. The first-order chi connectivity index (χ1) is 10.4. The molecule has 8 heteroatoms. The van der Waals surface area contributed by atoms with Crippen molar-refractivity contribution < 1.29 is 19.2 Å². The lowest BCUT2D eigenvalue weighted by atomic mass is 10.1. The Balaban J connectivity index is 2.22. The zero-order valence-corrected chi connectivity index (χ0v) is 12.3. The van der Waals surface area contributed by atoms with Gasteiger partial charge in [0, 0.05) is 38.3 Å². The predicted octanol–water partition coefficient (Wildman–Crippen LogP) is 0.792. The van der Waals surface area contributed by atoms with Crippen LogP contribution in [-0.2, 0) is 0 Å². The quantitative estimate of drug-likeness (QED) is 0.656. The summed E-state index contributed by atoms with van der Waals surface area (Å²) < 4.78 is 13.5. The Bertz CT molecular complexity index is 586. The summed E-state index contributed by atoms with van der Waals surface area (Å²) in [4.78, 5) is 26.5. The molecule has 1 saturated heterocycles. The lowest BCUT2D eigenvalue weighted by Gasteiger charge is -2.34. The second kappa shape index (κ2) is 6.80. The highest BCUT2D eigenvalue weighted by Gasteiger charge is 2.29. The number of aryl methyl sites for hydroxylation is 1. The minimum atomic E-state index is -0.662. The van der Waals surface area contributed by atoms with E-state index in [2.05, 4.69) is 0 Å². The lowest BCUT2D eigenvalue weighted by molar-refractivity contribution is -0.385. The molecule has 0 atom stereocenters. The highest BCUT2D eigenvalue weighted by molar-refractivity contribution is 5.98. The predicted molar refractivity (Wildman–Crippen MR) is 77.2 cm³/mol. The monoisotopic (exact) mass is 311 g/mol. The van der Waals surface area contributed by atoms with Crippen molar-refractivity contribution in [2.45, 2.75) is 6.92 Å². The summed E-state index contributed by atoms with van der Waals surface area (Å²) in [5.74, 6) is -1.19. The molecule has 0 bridgehead atoms. The maximum absolute atomic E-state index is 13.5. The molecule has 1 aromatic rings. The van der Waals surface area contributed by atoms with Gasteiger partial charge in [-0.05, 0) is 19.1 Å². The van der Waals surface area contributed by atoms with E-state index in [1.165, 1.54) is 11.8 Å². The fourth-order valence-corrected chi connectivity index (χ4v) is 2.63. The summed E-state index contributed by atoms with van der Waals surface area (Å²) in [5, 5.41) is 20.0. The van der Waals surface area contributed by atoms with Crippen LogP contribution in [0.3, 0.4) is 0 Å². The molecule has 7 nitrogen and oxygen atoms in total. The van der Waals surface area contributed by atoms with E-state index in [1.54, 1.807) is 0 Å². The second-order valence-corrected chi connectivity index (χ2v) is 5.23. The Labute approximate surface area is 127 Å². The standard InChI is InChI=1S/C14H18FN3O4/c1-10-8-11(15)9-12(13(10)18(21)22)14(20)17-4-2-16(3-5-17)6-7-19/h8-9,19H,2-7H2,1H3. The van der Waals surface area contributed by atoms with E-state index >= 15 is 0 Å². The van der Waals surface area contributed by atoms with E-state index < -0.39 is 16.6 Å². The summed E-state index contributed by atoms with van der Waals surface area (Å²) in [7, 11) is 0. The third-order valence-corrected chi connectivity index (χ3v) is 3.75. The van der Waals surface area contributed by atoms with Gasteiger partial charge >= 0.3 is 0 Å². The van der Waals surface area contributed by atoms with Gasteiger partial charge < -0.3 is 10.0 Å². The van der Waals surface area contributed by atoms with Crippen molar-refractivity contribution in [2.75, 3.05) is 39.3 Å².